The van der Waals surface area contributed by atoms with Crippen LogP contribution in [0.25, 0.3) is 11.1 Å². The summed E-state index contributed by atoms with van der Waals surface area (Å²) < 4.78 is 14.5. The molecule has 0 bridgehead atoms. The van der Waals surface area contributed by atoms with Crippen molar-refractivity contribution >= 4 is 11.8 Å². The van der Waals surface area contributed by atoms with Gasteiger partial charge in [-0.2, -0.15) is 0 Å². The number of carboxylic acids is 1. The molecule has 0 spiro atoms. The fraction of sp³-hybridized carbons (Fsp3) is 0.217. The van der Waals surface area contributed by atoms with Crippen LogP contribution in [-0.4, -0.2) is 16.1 Å². The minimum absolute atomic E-state index is 0.160. The molecule has 0 atom stereocenters. The van der Waals surface area contributed by atoms with E-state index in [0.717, 1.165) is 11.4 Å². The number of anilines is 1. The quantitative estimate of drug-likeness (QED) is 0.621. The van der Waals surface area contributed by atoms with E-state index in [0.29, 0.717) is 12.1 Å². The summed E-state index contributed by atoms with van der Waals surface area (Å²) in [6, 6.07) is 16.6. The number of nitrogens with zero attached hydrogens (tertiary/aromatic N) is 1. The number of aromatic nitrogens is 1. The molecule has 0 aliphatic carbocycles. The van der Waals surface area contributed by atoms with Crippen LogP contribution in [0.2, 0.25) is 0 Å². The van der Waals surface area contributed by atoms with Crippen molar-refractivity contribution in [1.82, 2.24) is 4.98 Å². The molecule has 1 aromatic heterocycles. The average Bonchev–Trinajstić information content (AvgIpc) is 2.66. The van der Waals surface area contributed by atoms with Crippen LogP contribution in [0.1, 0.15) is 30.5 Å². The van der Waals surface area contributed by atoms with Crippen LogP contribution in [0.5, 0.6) is 0 Å². The summed E-state index contributed by atoms with van der Waals surface area (Å²) in [5.41, 5.74) is 2.67. The molecule has 0 aliphatic heterocycles. The van der Waals surface area contributed by atoms with Gasteiger partial charge < -0.3 is 10.4 Å². The fourth-order valence-corrected chi connectivity index (χ4v) is 3.00. The van der Waals surface area contributed by atoms with Crippen molar-refractivity contribution in [2.45, 2.75) is 32.7 Å². The first-order valence-electron chi connectivity index (χ1n) is 9.06. The van der Waals surface area contributed by atoms with Crippen LogP contribution in [0, 0.1) is 12.7 Å². The largest absolute Gasteiger partial charge is 0.481 e. The lowest BCUT2D eigenvalue weighted by Gasteiger charge is -2.20. The minimum Gasteiger partial charge on any atom is -0.481 e. The van der Waals surface area contributed by atoms with E-state index in [1.54, 1.807) is 12.3 Å². The highest BCUT2D eigenvalue weighted by Crippen LogP contribution is 2.30. The number of rotatable bonds is 6. The van der Waals surface area contributed by atoms with Gasteiger partial charge in [-0.3, -0.25) is 4.79 Å². The van der Waals surface area contributed by atoms with Gasteiger partial charge in [0.1, 0.15) is 11.6 Å². The summed E-state index contributed by atoms with van der Waals surface area (Å²) in [5, 5.41) is 12.6. The third kappa shape index (κ3) is 4.19. The van der Waals surface area contributed by atoms with Crippen LogP contribution in [0.15, 0.2) is 60.8 Å². The van der Waals surface area contributed by atoms with Crippen molar-refractivity contribution < 1.29 is 14.3 Å². The van der Waals surface area contributed by atoms with Crippen molar-refractivity contribution in [3.05, 3.63) is 83.3 Å². The Hall–Kier alpha value is -3.21. The van der Waals surface area contributed by atoms with Gasteiger partial charge in [-0.15, -0.1) is 0 Å². The minimum atomic E-state index is -1.29. The van der Waals surface area contributed by atoms with E-state index in [1.807, 2.05) is 18.2 Å². The maximum Gasteiger partial charge on any atom is 0.313 e. The van der Waals surface area contributed by atoms with Crippen LogP contribution in [0.3, 0.4) is 0 Å². The molecule has 4 nitrogen and oxygen atoms in total. The first-order valence-corrected chi connectivity index (χ1v) is 9.06. The Morgan fingerprint density at radius 2 is 1.86 bits per heavy atom. The second-order valence-corrected chi connectivity index (χ2v) is 7.40. The molecule has 2 aromatic carbocycles. The second-order valence-electron chi connectivity index (χ2n) is 7.40. The lowest BCUT2D eigenvalue weighted by Crippen LogP contribution is -2.29. The maximum atomic E-state index is 14.5. The highest BCUT2D eigenvalue weighted by atomic mass is 19.1. The third-order valence-electron chi connectivity index (χ3n) is 4.83. The van der Waals surface area contributed by atoms with Gasteiger partial charge in [-0.1, -0.05) is 42.0 Å². The maximum absolute atomic E-state index is 14.5. The summed E-state index contributed by atoms with van der Waals surface area (Å²) in [7, 11) is 0. The lowest BCUT2D eigenvalue weighted by atomic mass is 9.83. The van der Waals surface area contributed by atoms with Crippen LogP contribution in [-0.2, 0) is 16.8 Å². The molecule has 0 unspecified atom stereocenters. The Labute approximate surface area is 164 Å². The zero-order valence-electron chi connectivity index (χ0n) is 16.2. The Balaban J connectivity index is 1.74. The Bertz CT molecular complexity index is 998. The van der Waals surface area contributed by atoms with E-state index in [2.05, 4.69) is 35.4 Å². The van der Waals surface area contributed by atoms with Crippen molar-refractivity contribution in [3.63, 3.8) is 0 Å². The van der Waals surface area contributed by atoms with Gasteiger partial charge in [0.2, 0.25) is 0 Å². The van der Waals surface area contributed by atoms with E-state index in [9.17, 15) is 14.3 Å². The number of hydrogen-bond donors (Lipinski definition) is 2. The van der Waals surface area contributed by atoms with Gasteiger partial charge in [0.15, 0.2) is 0 Å². The van der Waals surface area contributed by atoms with Crippen molar-refractivity contribution in [2.75, 3.05) is 5.32 Å². The summed E-state index contributed by atoms with van der Waals surface area (Å²) in [4.78, 5) is 15.8. The Morgan fingerprint density at radius 1 is 1.11 bits per heavy atom. The number of carbonyl (C=O) groups is 1. The number of carboxylic acid groups (broad SMARTS) is 1. The summed E-state index contributed by atoms with van der Waals surface area (Å²) in [6.45, 7) is 5.70. The summed E-state index contributed by atoms with van der Waals surface area (Å²) >= 11 is 0. The molecule has 0 radical (unpaired) electrons. The zero-order valence-corrected chi connectivity index (χ0v) is 16.2. The first-order chi connectivity index (χ1) is 13.3. The Morgan fingerprint density at radius 3 is 2.46 bits per heavy atom. The van der Waals surface area contributed by atoms with Gasteiger partial charge in [0.25, 0.3) is 0 Å². The fourth-order valence-electron chi connectivity index (χ4n) is 3.00. The van der Waals surface area contributed by atoms with E-state index in [-0.39, 0.29) is 5.56 Å². The predicted molar refractivity (Wildman–Crippen MR) is 109 cm³/mol. The smallest absolute Gasteiger partial charge is 0.313 e. The molecular formula is C23H23FN2O2. The number of benzene rings is 2. The highest BCUT2D eigenvalue weighted by molar-refractivity contribution is 5.80. The zero-order chi connectivity index (χ0) is 20.3. The molecule has 2 N–H and O–H groups in total. The number of halogens is 1. The standard InChI is InChI=1S/C23H23FN2O2/c1-15-5-4-6-16(11-15)13-25-21-10-8-18(14-26-21)17-7-9-19(20(24)12-17)23(2,3)22(27)28/h4-12,14H,13H2,1-3H3,(H,25,26)(H,27,28). The van der Waals surface area contributed by atoms with E-state index >= 15 is 0 Å². The monoisotopic (exact) mass is 378 g/mol. The van der Waals surface area contributed by atoms with Gasteiger partial charge >= 0.3 is 5.97 Å². The van der Waals surface area contributed by atoms with E-state index < -0.39 is 17.2 Å². The van der Waals surface area contributed by atoms with Gasteiger partial charge in [0, 0.05) is 23.9 Å². The highest BCUT2D eigenvalue weighted by Gasteiger charge is 2.32. The molecular weight excluding hydrogens is 355 g/mol. The van der Waals surface area contributed by atoms with Crippen LogP contribution < -0.4 is 5.32 Å². The first kappa shape index (κ1) is 19.5. The number of aryl methyl sites for hydroxylation is 1. The molecule has 1 heterocycles. The van der Waals surface area contributed by atoms with Crippen molar-refractivity contribution in [1.29, 1.82) is 0 Å². The topological polar surface area (TPSA) is 62.2 Å². The number of nitrogens with one attached hydrogen (secondary N) is 1. The normalized spacial score (nSPS) is 11.3. The molecule has 0 fully saturated rings. The molecule has 3 aromatic rings. The van der Waals surface area contributed by atoms with Crippen molar-refractivity contribution in [3.8, 4) is 11.1 Å². The number of hydrogen-bond acceptors (Lipinski definition) is 3. The predicted octanol–water partition coefficient (Wildman–Crippen LogP) is 5.17. The van der Waals surface area contributed by atoms with Crippen LogP contribution in [0.4, 0.5) is 10.2 Å². The molecule has 144 valence electrons. The summed E-state index contributed by atoms with van der Waals surface area (Å²) in [5.74, 6) is -0.870. The van der Waals surface area contributed by atoms with Gasteiger partial charge in [0.05, 0.1) is 5.41 Å². The Kier molecular flexibility index (Phi) is 5.45. The van der Waals surface area contributed by atoms with E-state index in [4.69, 9.17) is 0 Å². The third-order valence-corrected chi connectivity index (χ3v) is 4.83. The van der Waals surface area contributed by atoms with Gasteiger partial charge in [-0.25, -0.2) is 9.37 Å². The van der Waals surface area contributed by atoms with E-state index in [1.165, 1.54) is 37.1 Å². The SMILES string of the molecule is Cc1cccc(CNc2ccc(-c3ccc(C(C)(C)C(=O)O)c(F)c3)cn2)c1. The average molecular weight is 378 g/mol. The van der Waals surface area contributed by atoms with Crippen molar-refractivity contribution in [2.24, 2.45) is 0 Å². The molecule has 0 saturated heterocycles. The van der Waals surface area contributed by atoms with Gasteiger partial charge in [-0.05, 0) is 50.1 Å². The number of pyridine rings is 1. The molecule has 0 aliphatic rings. The van der Waals surface area contributed by atoms with Crippen LogP contribution >= 0.6 is 0 Å². The molecule has 0 amide bonds. The lowest BCUT2D eigenvalue weighted by molar-refractivity contribution is -0.142. The summed E-state index contributed by atoms with van der Waals surface area (Å²) in [6.07, 6.45) is 1.68. The molecule has 0 saturated carbocycles. The molecule has 3 rings (SSSR count). The second kappa shape index (κ2) is 7.80. The molecule has 28 heavy (non-hydrogen) atoms. The molecule has 5 heteroatoms. The number of aliphatic carboxylic acids is 1.